The molecule has 0 saturated carbocycles. The van der Waals surface area contributed by atoms with E-state index in [-0.39, 0.29) is 0 Å². The van der Waals surface area contributed by atoms with Gasteiger partial charge in [-0.3, -0.25) is 0 Å². The van der Waals surface area contributed by atoms with Gasteiger partial charge in [0, 0.05) is 0 Å². The van der Waals surface area contributed by atoms with Crippen molar-refractivity contribution >= 4 is 22.6 Å². The Morgan fingerprint density at radius 2 is 2.62 bits per heavy atom. The van der Waals surface area contributed by atoms with Crippen molar-refractivity contribution in [2.75, 3.05) is 0 Å². The lowest BCUT2D eigenvalue weighted by Gasteiger charge is -1.59. The Morgan fingerprint density at radius 1 is 1.62 bits per heavy atom. The highest BCUT2D eigenvalue weighted by molar-refractivity contribution is 7.04. The molecule has 2 heterocycles. The highest BCUT2D eigenvalue weighted by Crippen LogP contribution is 2.12. The quantitative estimate of drug-likeness (QED) is 0.533. The van der Waals surface area contributed by atoms with Gasteiger partial charge in [-0.2, -0.15) is 4.37 Å². The van der Waals surface area contributed by atoms with Gasteiger partial charge in [-0.1, -0.05) is 5.16 Å². The second-order valence-corrected chi connectivity index (χ2v) is 2.02. The van der Waals surface area contributed by atoms with Crippen LogP contribution in [0.15, 0.2) is 16.1 Å². The summed E-state index contributed by atoms with van der Waals surface area (Å²) in [6.45, 7) is 0. The van der Waals surface area contributed by atoms with E-state index < -0.39 is 0 Å². The molecule has 4 heteroatoms. The Bertz CT molecular complexity index is 235. The zero-order valence-electron chi connectivity index (χ0n) is 3.87. The average molecular weight is 126 g/mol. The summed E-state index contributed by atoms with van der Waals surface area (Å²) in [7, 11) is 0. The smallest absolute Gasteiger partial charge is 0.197 e. The van der Waals surface area contributed by atoms with Crippen molar-refractivity contribution in [2.24, 2.45) is 0 Å². The fraction of sp³-hybridized carbons (Fsp3) is 0. The first kappa shape index (κ1) is 4.03. The van der Waals surface area contributed by atoms with E-state index in [0.29, 0.717) is 0 Å². The lowest BCUT2D eigenvalue weighted by molar-refractivity contribution is 0.457. The van der Waals surface area contributed by atoms with Crippen molar-refractivity contribution in [3.05, 3.63) is 11.6 Å². The van der Waals surface area contributed by atoms with Gasteiger partial charge in [0.1, 0.15) is 5.52 Å². The molecule has 2 aromatic heterocycles. The van der Waals surface area contributed by atoms with Gasteiger partial charge >= 0.3 is 0 Å². The van der Waals surface area contributed by atoms with Crippen molar-refractivity contribution in [3.63, 3.8) is 0 Å². The Morgan fingerprint density at radius 3 is 3.50 bits per heavy atom. The Balaban J connectivity index is 3.06. The van der Waals surface area contributed by atoms with E-state index in [4.69, 9.17) is 4.52 Å². The van der Waals surface area contributed by atoms with Crippen molar-refractivity contribution in [1.29, 1.82) is 0 Å². The summed E-state index contributed by atoms with van der Waals surface area (Å²) in [5.41, 5.74) is 1.62. The van der Waals surface area contributed by atoms with Crippen LogP contribution < -0.4 is 0 Å². The molecule has 0 aliphatic rings. The summed E-state index contributed by atoms with van der Waals surface area (Å²) < 4.78 is 8.72. The molecule has 0 aromatic carbocycles. The van der Waals surface area contributed by atoms with Gasteiger partial charge in [-0.25, -0.2) is 0 Å². The van der Waals surface area contributed by atoms with Crippen LogP contribution in [0.25, 0.3) is 11.1 Å². The van der Waals surface area contributed by atoms with Gasteiger partial charge in [-0.05, 0) is 11.5 Å². The summed E-state index contributed by atoms with van der Waals surface area (Å²) in [5, 5.41) is 5.35. The second kappa shape index (κ2) is 1.29. The molecule has 0 atom stereocenters. The number of rotatable bonds is 0. The monoisotopic (exact) mass is 126 g/mol. The normalized spacial score (nSPS) is 10.5. The Labute approximate surface area is 49.1 Å². The molecule has 0 radical (unpaired) electrons. The summed E-state index contributed by atoms with van der Waals surface area (Å²) in [5.74, 6) is 0. The summed E-state index contributed by atoms with van der Waals surface area (Å²) in [4.78, 5) is 0. The van der Waals surface area contributed by atoms with Gasteiger partial charge in [-0.15, -0.1) is 0 Å². The zero-order valence-corrected chi connectivity index (χ0v) is 4.68. The third-order valence-corrected chi connectivity index (χ3v) is 1.51. The van der Waals surface area contributed by atoms with Crippen LogP contribution in [0.5, 0.6) is 0 Å². The minimum Gasteiger partial charge on any atom is -0.354 e. The van der Waals surface area contributed by atoms with Crippen molar-refractivity contribution < 1.29 is 4.52 Å². The maximum absolute atomic E-state index is 4.76. The molecule has 0 N–H and O–H groups in total. The fourth-order valence-corrected chi connectivity index (χ4v) is 1.09. The third kappa shape index (κ3) is 0.376. The third-order valence-electron chi connectivity index (χ3n) is 0.889. The number of nitrogens with zero attached hydrogens (tertiary/aromatic N) is 2. The fourth-order valence-electron chi connectivity index (χ4n) is 0.525. The summed E-state index contributed by atoms with van der Waals surface area (Å²) in [6.07, 6.45) is 1.60. The van der Waals surface area contributed by atoms with Gasteiger partial charge in [0.25, 0.3) is 0 Å². The van der Waals surface area contributed by atoms with Crippen molar-refractivity contribution in [2.45, 2.75) is 0 Å². The topological polar surface area (TPSA) is 38.9 Å². The number of fused-ring (bicyclic) bond motifs is 1. The van der Waals surface area contributed by atoms with Gasteiger partial charge in [0.05, 0.1) is 11.6 Å². The molecule has 0 amide bonds. The van der Waals surface area contributed by atoms with Crippen LogP contribution in [-0.4, -0.2) is 9.53 Å². The van der Waals surface area contributed by atoms with Crippen LogP contribution >= 0.6 is 11.5 Å². The van der Waals surface area contributed by atoms with Crippen LogP contribution in [0.3, 0.4) is 0 Å². The van der Waals surface area contributed by atoms with Gasteiger partial charge in [0.2, 0.25) is 0 Å². The highest BCUT2D eigenvalue weighted by atomic mass is 32.1. The summed E-state index contributed by atoms with van der Waals surface area (Å²) in [6, 6.07) is 0. The molecule has 3 nitrogen and oxygen atoms in total. The van der Waals surface area contributed by atoms with Gasteiger partial charge < -0.3 is 4.52 Å². The zero-order chi connectivity index (χ0) is 5.40. The summed E-state index contributed by atoms with van der Waals surface area (Å²) >= 11 is 1.38. The van der Waals surface area contributed by atoms with Crippen LogP contribution in [0.2, 0.25) is 0 Å². The Hall–Kier alpha value is -0.900. The molecule has 0 aliphatic carbocycles. The van der Waals surface area contributed by atoms with E-state index in [9.17, 15) is 0 Å². The largest absolute Gasteiger partial charge is 0.354 e. The molecule has 0 aliphatic heterocycles. The van der Waals surface area contributed by atoms with Crippen LogP contribution in [-0.2, 0) is 0 Å². The molecule has 0 saturated heterocycles. The first-order valence-electron chi connectivity index (χ1n) is 2.11. The molecule has 8 heavy (non-hydrogen) atoms. The van der Waals surface area contributed by atoms with E-state index in [1.54, 1.807) is 6.20 Å². The predicted molar refractivity (Wildman–Crippen MR) is 29.7 cm³/mol. The van der Waals surface area contributed by atoms with E-state index >= 15 is 0 Å². The van der Waals surface area contributed by atoms with E-state index in [1.165, 1.54) is 11.5 Å². The van der Waals surface area contributed by atoms with Crippen LogP contribution in [0, 0.1) is 0 Å². The second-order valence-electron chi connectivity index (χ2n) is 1.39. The maximum atomic E-state index is 4.76. The minimum absolute atomic E-state index is 0.773. The molecule has 2 aromatic rings. The molecule has 40 valence electrons. The molecule has 0 unspecified atom stereocenters. The van der Waals surface area contributed by atoms with E-state index in [2.05, 4.69) is 9.53 Å². The minimum atomic E-state index is 0.773. The van der Waals surface area contributed by atoms with E-state index in [1.807, 2.05) is 5.38 Å². The number of hydrogen-bond acceptors (Lipinski definition) is 4. The van der Waals surface area contributed by atoms with Crippen LogP contribution in [0.4, 0.5) is 0 Å². The lowest BCUT2D eigenvalue weighted by Crippen LogP contribution is -1.49. The molecule has 0 bridgehead atoms. The molecule has 2 rings (SSSR count). The van der Waals surface area contributed by atoms with Crippen molar-refractivity contribution in [1.82, 2.24) is 9.53 Å². The Kier molecular flexibility index (Phi) is 0.648. The molecular weight excluding hydrogens is 124 g/mol. The first-order valence-corrected chi connectivity index (χ1v) is 2.95. The first-order chi connectivity index (χ1) is 3.97. The van der Waals surface area contributed by atoms with Gasteiger partial charge in [0.15, 0.2) is 5.58 Å². The maximum Gasteiger partial charge on any atom is 0.197 e. The average Bonchev–Trinajstić information content (AvgIpc) is 2.15. The van der Waals surface area contributed by atoms with E-state index in [0.717, 1.165) is 11.1 Å². The lowest BCUT2D eigenvalue weighted by atomic mass is 10.6. The molecule has 0 spiro atoms. The predicted octanol–water partition coefficient (Wildman–Crippen LogP) is 1.28. The SMILES string of the molecule is c1noc2csnc12. The number of aromatic nitrogens is 2. The molecule has 0 fully saturated rings. The highest BCUT2D eigenvalue weighted by Gasteiger charge is 1.96. The van der Waals surface area contributed by atoms with Crippen LogP contribution in [0.1, 0.15) is 0 Å². The van der Waals surface area contributed by atoms with Crippen molar-refractivity contribution in [3.8, 4) is 0 Å². The molecular formula is C4H2N2OS. The number of hydrogen-bond donors (Lipinski definition) is 0. The standard InChI is InChI=1S/C4H2N2OS/c1-3-4(7-5-1)2-8-6-3/h1-2H.